The SMILES string of the molecule is CC[C@@H](C(=O)Nc1ccccc1OC)N1C(=O)[C@@H]2[C@H](C1=O)[C@H]1C=C[C@H]2CC1. The average Bonchev–Trinajstić information content (AvgIpc) is 2.97. The third-order valence-corrected chi connectivity index (χ3v) is 6.16. The Hall–Kier alpha value is -2.63. The number of amides is 3. The van der Waals surface area contributed by atoms with Gasteiger partial charge in [0.2, 0.25) is 17.7 Å². The third-order valence-electron chi connectivity index (χ3n) is 6.16. The first kappa shape index (κ1) is 17.8. The number of methoxy groups -OCH3 is 1. The van der Waals surface area contributed by atoms with Crippen LogP contribution in [0.5, 0.6) is 5.75 Å². The number of hydrogen-bond donors (Lipinski definition) is 1. The van der Waals surface area contributed by atoms with E-state index in [2.05, 4.69) is 17.5 Å². The van der Waals surface area contributed by atoms with Crippen LogP contribution in [0.25, 0.3) is 0 Å². The lowest BCUT2D eigenvalue weighted by atomic mass is 9.63. The van der Waals surface area contributed by atoms with Crippen LogP contribution in [0.4, 0.5) is 5.69 Å². The van der Waals surface area contributed by atoms with Crippen molar-refractivity contribution >= 4 is 23.4 Å². The number of carbonyl (C=O) groups is 3. The van der Waals surface area contributed by atoms with E-state index in [0.29, 0.717) is 17.9 Å². The smallest absolute Gasteiger partial charge is 0.247 e. The molecule has 6 nitrogen and oxygen atoms in total. The van der Waals surface area contributed by atoms with Gasteiger partial charge in [-0.15, -0.1) is 0 Å². The number of hydrogen-bond acceptors (Lipinski definition) is 4. The Kier molecular flexibility index (Phi) is 4.50. The van der Waals surface area contributed by atoms with Crippen LogP contribution in [0, 0.1) is 23.7 Å². The zero-order valence-electron chi connectivity index (χ0n) is 15.6. The van der Waals surface area contributed by atoms with Crippen molar-refractivity contribution in [2.75, 3.05) is 12.4 Å². The highest BCUT2D eigenvalue weighted by Gasteiger charge is 2.58. The molecule has 2 fully saturated rings. The van der Waals surface area contributed by atoms with Gasteiger partial charge in [-0.2, -0.15) is 0 Å². The first-order chi connectivity index (χ1) is 13.1. The van der Waals surface area contributed by atoms with Gasteiger partial charge in [0.25, 0.3) is 0 Å². The molecule has 27 heavy (non-hydrogen) atoms. The summed E-state index contributed by atoms with van der Waals surface area (Å²) in [5, 5.41) is 2.82. The molecule has 5 atom stereocenters. The molecule has 6 heteroatoms. The van der Waals surface area contributed by atoms with Crippen molar-refractivity contribution in [1.82, 2.24) is 4.90 Å². The number of likely N-dealkylation sites (tertiary alicyclic amines) is 1. The number of ether oxygens (including phenoxy) is 1. The lowest BCUT2D eigenvalue weighted by molar-refractivity contribution is -0.146. The number of rotatable bonds is 5. The Balaban J connectivity index is 1.58. The summed E-state index contributed by atoms with van der Waals surface area (Å²) in [6.45, 7) is 1.82. The Morgan fingerprint density at radius 1 is 1.15 bits per heavy atom. The highest BCUT2D eigenvalue weighted by atomic mass is 16.5. The summed E-state index contributed by atoms with van der Waals surface area (Å²) < 4.78 is 5.27. The Labute approximate surface area is 158 Å². The van der Waals surface area contributed by atoms with Gasteiger partial charge in [-0.05, 0) is 43.2 Å². The molecular weight excluding hydrogens is 344 g/mol. The van der Waals surface area contributed by atoms with Crippen LogP contribution in [0.3, 0.4) is 0 Å². The minimum atomic E-state index is -0.806. The lowest BCUT2D eigenvalue weighted by Gasteiger charge is -2.38. The summed E-state index contributed by atoms with van der Waals surface area (Å²) in [7, 11) is 1.53. The Morgan fingerprint density at radius 2 is 1.74 bits per heavy atom. The van der Waals surface area contributed by atoms with Crippen LogP contribution in [0.15, 0.2) is 36.4 Å². The molecule has 1 saturated heterocycles. The molecule has 142 valence electrons. The molecule has 1 aromatic rings. The maximum absolute atomic E-state index is 13.1. The zero-order valence-corrected chi connectivity index (χ0v) is 15.6. The van der Waals surface area contributed by atoms with Gasteiger partial charge in [0, 0.05) is 0 Å². The van der Waals surface area contributed by atoms with Gasteiger partial charge in [0.05, 0.1) is 24.6 Å². The number of allylic oxidation sites excluding steroid dienone is 2. The molecule has 0 unspecified atom stereocenters. The van der Waals surface area contributed by atoms with E-state index in [0.717, 1.165) is 12.8 Å². The summed E-state index contributed by atoms with van der Waals surface area (Å²) in [6, 6.07) is 6.29. The molecule has 1 aliphatic heterocycles. The van der Waals surface area contributed by atoms with Gasteiger partial charge in [-0.1, -0.05) is 31.2 Å². The van der Waals surface area contributed by atoms with Gasteiger partial charge in [-0.25, -0.2) is 0 Å². The van der Waals surface area contributed by atoms with Crippen molar-refractivity contribution in [3.8, 4) is 5.75 Å². The summed E-state index contributed by atoms with van der Waals surface area (Å²) in [5.41, 5.74) is 0.529. The van der Waals surface area contributed by atoms with Gasteiger partial charge in [-0.3, -0.25) is 19.3 Å². The van der Waals surface area contributed by atoms with Crippen LogP contribution < -0.4 is 10.1 Å². The molecule has 1 aromatic carbocycles. The number of imide groups is 1. The van der Waals surface area contributed by atoms with E-state index >= 15 is 0 Å². The van der Waals surface area contributed by atoms with E-state index in [1.54, 1.807) is 18.2 Å². The van der Waals surface area contributed by atoms with E-state index < -0.39 is 6.04 Å². The largest absolute Gasteiger partial charge is 0.495 e. The lowest BCUT2D eigenvalue weighted by Crippen LogP contribution is -2.47. The predicted molar refractivity (Wildman–Crippen MR) is 99.9 cm³/mol. The van der Waals surface area contributed by atoms with E-state index in [4.69, 9.17) is 4.74 Å². The standard InChI is InChI=1S/C21H24N2O4/c1-3-15(19(24)22-14-6-4-5-7-16(14)27-2)23-20(25)17-12-8-9-13(11-10-12)18(17)21(23)26/h4-9,12-13,15,17-18H,3,10-11H2,1-2H3,(H,22,24)/t12-,13-,15-,17-,18+/m0/s1. The number of fused-ring (bicyclic) bond motifs is 1. The first-order valence-electron chi connectivity index (χ1n) is 9.56. The number of para-hydroxylation sites is 2. The molecule has 2 bridgehead atoms. The normalized spacial score (nSPS) is 29.6. The van der Waals surface area contributed by atoms with Crippen LogP contribution in [-0.2, 0) is 14.4 Å². The fraction of sp³-hybridized carbons (Fsp3) is 0.476. The van der Waals surface area contributed by atoms with Crippen molar-refractivity contribution in [3.63, 3.8) is 0 Å². The predicted octanol–water partition coefficient (Wildman–Crippen LogP) is 2.61. The number of nitrogens with one attached hydrogen (secondary N) is 1. The molecular formula is C21H24N2O4. The maximum atomic E-state index is 13.1. The van der Waals surface area contributed by atoms with E-state index in [-0.39, 0.29) is 41.4 Å². The summed E-state index contributed by atoms with van der Waals surface area (Å²) in [6.07, 6.45) is 6.43. The van der Waals surface area contributed by atoms with Crippen molar-refractivity contribution in [1.29, 1.82) is 0 Å². The van der Waals surface area contributed by atoms with Crippen LogP contribution in [0.2, 0.25) is 0 Å². The van der Waals surface area contributed by atoms with Crippen molar-refractivity contribution in [2.45, 2.75) is 32.2 Å². The fourth-order valence-corrected chi connectivity index (χ4v) is 4.85. The van der Waals surface area contributed by atoms with E-state index in [1.807, 2.05) is 13.0 Å². The number of carbonyl (C=O) groups excluding carboxylic acids is 3. The van der Waals surface area contributed by atoms with Crippen molar-refractivity contribution in [2.24, 2.45) is 23.7 Å². The summed E-state index contributed by atoms with van der Waals surface area (Å²) in [4.78, 5) is 40.4. The highest BCUT2D eigenvalue weighted by Crippen LogP contribution is 2.50. The number of nitrogens with zero attached hydrogens (tertiary/aromatic N) is 1. The van der Waals surface area contributed by atoms with Gasteiger partial charge < -0.3 is 10.1 Å². The average molecular weight is 368 g/mol. The summed E-state index contributed by atoms with van der Waals surface area (Å²) >= 11 is 0. The van der Waals surface area contributed by atoms with Crippen LogP contribution in [0.1, 0.15) is 26.2 Å². The second-order valence-electron chi connectivity index (χ2n) is 7.50. The molecule has 0 radical (unpaired) electrons. The van der Waals surface area contributed by atoms with Crippen LogP contribution in [-0.4, -0.2) is 35.8 Å². The minimum Gasteiger partial charge on any atom is -0.495 e. The molecule has 0 spiro atoms. The van der Waals surface area contributed by atoms with E-state index in [9.17, 15) is 14.4 Å². The van der Waals surface area contributed by atoms with Crippen molar-refractivity contribution < 1.29 is 19.1 Å². The van der Waals surface area contributed by atoms with Gasteiger partial charge >= 0.3 is 0 Å². The van der Waals surface area contributed by atoms with Crippen molar-refractivity contribution in [3.05, 3.63) is 36.4 Å². The highest BCUT2D eigenvalue weighted by molar-refractivity contribution is 6.10. The van der Waals surface area contributed by atoms with E-state index in [1.165, 1.54) is 12.0 Å². The molecule has 1 N–H and O–H groups in total. The molecule has 5 rings (SSSR count). The molecule has 0 aromatic heterocycles. The molecule has 4 aliphatic rings. The topological polar surface area (TPSA) is 75.7 Å². The molecule has 1 saturated carbocycles. The Bertz CT molecular complexity index is 786. The second-order valence-corrected chi connectivity index (χ2v) is 7.50. The second kappa shape index (κ2) is 6.83. The van der Waals surface area contributed by atoms with Gasteiger partial charge in [0.1, 0.15) is 11.8 Å². The number of benzene rings is 1. The monoisotopic (exact) mass is 368 g/mol. The molecule has 1 heterocycles. The minimum absolute atomic E-state index is 0.122. The Morgan fingerprint density at radius 3 is 2.26 bits per heavy atom. The fourth-order valence-electron chi connectivity index (χ4n) is 4.85. The third kappa shape index (κ3) is 2.74. The van der Waals surface area contributed by atoms with Gasteiger partial charge in [0.15, 0.2) is 0 Å². The first-order valence-corrected chi connectivity index (χ1v) is 9.56. The molecule has 3 amide bonds. The quantitative estimate of drug-likeness (QED) is 0.640. The van der Waals surface area contributed by atoms with Crippen LogP contribution >= 0.6 is 0 Å². The molecule has 3 aliphatic carbocycles. The maximum Gasteiger partial charge on any atom is 0.247 e. The zero-order chi connectivity index (χ0) is 19.1. The summed E-state index contributed by atoms with van der Waals surface area (Å²) in [5.74, 6) is -0.549. The number of anilines is 1.